The fourth-order valence-corrected chi connectivity index (χ4v) is 10.4. The third-order valence-corrected chi connectivity index (χ3v) is 14.4. The highest BCUT2D eigenvalue weighted by molar-refractivity contribution is 5.99. The van der Waals surface area contributed by atoms with Crippen LogP contribution in [0.3, 0.4) is 0 Å². The number of fused-ring (bicyclic) bond motifs is 2. The van der Waals surface area contributed by atoms with E-state index in [1.54, 1.807) is 48.5 Å². The van der Waals surface area contributed by atoms with Crippen LogP contribution in [-0.2, 0) is 0 Å². The van der Waals surface area contributed by atoms with Crippen molar-refractivity contribution in [3.63, 3.8) is 0 Å². The predicted octanol–water partition coefficient (Wildman–Crippen LogP) is 13.6. The molecule has 4 aliphatic rings. The Balaban J connectivity index is 0.000000186. The first-order valence-electron chi connectivity index (χ1n) is 25.4. The second-order valence-corrected chi connectivity index (χ2v) is 20.3. The van der Waals surface area contributed by atoms with Crippen LogP contribution in [0.5, 0.6) is 46.0 Å². The molecule has 4 N–H and O–H groups in total. The van der Waals surface area contributed by atoms with Crippen molar-refractivity contribution in [2.75, 3.05) is 39.4 Å². The highest BCUT2D eigenvalue weighted by Gasteiger charge is 2.49. The Labute approximate surface area is 437 Å². The molecule has 16 heteroatoms. The Bertz CT molecular complexity index is 3090. The van der Waals surface area contributed by atoms with Gasteiger partial charge in [0.1, 0.15) is 70.9 Å². The average molecular weight is 1050 g/mol. The zero-order chi connectivity index (χ0) is 54.1. The Kier molecular flexibility index (Phi) is 15.6. The van der Waals surface area contributed by atoms with Crippen molar-refractivity contribution < 1.29 is 65.7 Å². The van der Waals surface area contributed by atoms with E-state index in [9.17, 15) is 46.8 Å². The molecule has 10 nitrogen and oxygen atoms in total. The third-order valence-electron chi connectivity index (χ3n) is 14.4. The van der Waals surface area contributed by atoms with Gasteiger partial charge in [-0.1, -0.05) is 50.2 Å². The molecule has 2 unspecified atom stereocenters. The van der Waals surface area contributed by atoms with Gasteiger partial charge in [-0.15, -0.1) is 0 Å². The first-order valence-corrected chi connectivity index (χ1v) is 25.4. The van der Waals surface area contributed by atoms with Crippen molar-refractivity contribution in [2.24, 2.45) is 11.8 Å². The summed E-state index contributed by atoms with van der Waals surface area (Å²) >= 11 is 0. The van der Waals surface area contributed by atoms with Gasteiger partial charge in [0.05, 0.1) is 5.57 Å². The van der Waals surface area contributed by atoms with Gasteiger partial charge in [0.25, 0.3) is 0 Å². The van der Waals surface area contributed by atoms with E-state index in [0.29, 0.717) is 47.7 Å². The molecule has 0 saturated carbocycles. The number of rotatable bonds is 12. The number of hydrogen-bond acceptors (Lipinski definition) is 10. The van der Waals surface area contributed by atoms with Crippen molar-refractivity contribution in [2.45, 2.75) is 77.0 Å². The summed E-state index contributed by atoms with van der Waals surface area (Å²) in [5.74, 6) is -0.361. The van der Waals surface area contributed by atoms with Gasteiger partial charge in [0.15, 0.2) is 6.10 Å². The molecule has 4 heterocycles. The zero-order valence-electron chi connectivity index (χ0n) is 42.4. The van der Waals surface area contributed by atoms with Gasteiger partial charge >= 0.3 is 12.4 Å². The molecule has 6 atom stereocenters. The van der Waals surface area contributed by atoms with E-state index in [1.807, 2.05) is 0 Å². The average Bonchev–Trinajstić information content (AvgIpc) is 4.06. The lowest BCUT2D eigenvalue weighted by molar-refractivity contribution is -0.137. The number of likely N-dealkylation sites (tertiary alicyclic amines) is 2. The summed E-state index contributed by atoms with van der Waals surface area (Å²) in [4.78, 5) is 4.79. The molecule has 4 aliphatic heterocycles. The number of aromatic hydroxyl groups is 4. The molecule has 10 rings (SSSR count). The number of ether oxygens (including phenoxy) is 4. The molecule has 0 aromatic heterocycles. The summed E-state index contributed by atoms with van der Waals surface area (Å²) in [6, 6.07) is 32.9. The first-order chi connectivity index (χ1) is 36.2. The van der Waals surface area contributed by atoms with E-state index in [-0.39, 0.29) is 85.7 Å². The van der Waals surface area contributed by atoms with Crippen molar-refractivity contribution in [3.8, 4) is 46.0 Å². The number of nitrogens with zero attached hydrogens (tertiary/aromatic N) is 2. The van der Waals surface area contributed by atoms with E-state index in [1.165, 1.54) is 85.6 Å². The van der Waals surface area contributed by atoms with E-state index >= 15 is 0 Å². The molecule has 0 spiro atoms. The molecule has 6 aromatic rings. The summed E-state index contributed by atoms with van der Waals surface area (Å²) in [6.07, 6.45) is -8.19. The number of phenols is 4. The lowest BCUT2D eigenvalue weighted by Gasteiger charge is -2.33. The van der Waals surface area contributed by atoms with Crippen LogP contribution in [0.25, 0.3) is 22.5 Å². The second kappa shape index (κ2) is 22.1. The van der Waals surface area contributed by atoms with Crippen LogP contribution in [0.1, 0.15) is 85.9 Å². The van der Waals surface area contributed by atoms with Gasteiger partial charge in [0, 0.05) is 53.0 Å². The van der Waals surface area contributed by atoms with E-state index in [0.717, 1.165) is 38.3 Å². The van der Waals surface area contributed by atoms with Gasteiger partial charge in [0.2, 0.25) is 0 Å². The lowest BCUT2D eigenvalue weighted by atomic mass is 9.81. The minimum atomic E-state index is -4.75. The van der Waals surface area contributed by atoms with Crippen LogP contribution < -0.4 is 18.9 Å². The summed E-state index contributed by atoms with van der Waals surface area (Å²) in [5, 5.41) is 40.0. The Morgan fingerprint density at radius 3 is 1.58 bits per heavy atom. The molecule has 400 valence electrons. The molecule has 0 aliphatic carbocycles. The van der Waals surface area contributed by atoms with E-state index in [2.05, 4.69) is 37.5 Å². The van der Waals surface area contributed by atoms with Gasteiger partial charge < -0.3 is 39.4 Å². The number of halogens is 6. The second-order valence-electron chi connectivity index (χ2n) is 20.3. The van der Waals surface area contributed by atoms with Crippen LogP contribution in [0.15, 0.2) is 133 Å². The van der Waals surface area contributed by atoms with Crippen LogP contribution >= 0.6 is 0 Å². The molecule has 76 heavy (non-hydrogen) atoms. The maximum atomic E-state index is 14.6. The normalized spacial score (nSPS) is 20.7. The number of benzene rings is 6. The molecule has 2 saturated heterocycles. The number of phenolic OH excluding ortho intramolecular Hbond substituents is 4. The Hall–Kier alpha value is -7.30. The highest BCUT2D eigenvalue weighted by Crippen LogP contribution is 2.56. The largest absolute Gasteiger partial charge is 0.508 e. The fourth-order valence-electron chi connectivity index (χ4n) is 10.4. The minimum absolute atomic E-state index is 0.0121. The van der Waals surface area contributed by atoms with Gasteiger partial charge in [-0.25, -0.2) is 0 Å². The molecule has 0 radical (unpaired) electrons. The fraction of sp³-hybridized carbons (Fsp3) is 0.333. The molecular weight excluding hydrogens is 991 g/mol. The van der Waals surface area contributed by atoms with Crippen LogP contribution in [-0.4, -0.2) is 94.1 Å². The number of alkyl halides is 6. The molecule has 0 bridgehead atoms. The first kappa shape index (κ1) is 53.5. The monoisotopic (exact) mass is 1050 g/mol. The third kappa shape index (κ3) is 12.0. The predicted molar refractivity (Wildman–Crippen MR) is 278 cm³/mol. The van der Waals surface area contributed by atoms with Crippen molar-refractivity contribution in [1.29, 1.82) is 0 Å². The lowest BCUT2D eigenvalue weighted by Crippen LogP contribution is -2.35. The topological polar surface area (TPSA) is 124 Å². The van der Waals surface area contributed by atoms with Crippen LogP contribution in [0, 0.1) is 11.8 Å². The number of allylic oxidation sites excluding steroid dienone is 2. The van der Waals surface area contributed by atoms with E-state index < -0.39 is 29.9 Å². The van der Waals surface area contributed by atoms with Crippen molar-refractivity contribution >= 4 is 22.5 Å². The summed E-state index contributed by atoms with van der Waals surface area (Å²) in [7, 11) is 0. The zero-order valence-corrected chi connectivity index (χ0v) is 42.4. The van der Waals surface area contributed by atoms with Gasteiger partial charge in [-0.05, 0) is 165 Å². The van der Waals surface area contributed by atoms with Crippen LogP contribution in [0.2, 0.25) is 0 Å². The summed E-state index contributed by atoms with van der Waals surface area (Å²) < 4.78 is 112. The highest BCUT2D eigenvalue weighted by atomic mass is 19.4. The molecule has 2 fully saturated rings. The Morgan fingerprint density at radius 1 is 0.579 bits per heavy atom. The van der Waals surface area contributed by atoms with E-state index in [4.69, 9.17) is 18.9 Å². The smallest absolute Gasteiger partial charge is 0.417 e. The maximum absolute atomic E-state index is 14.6. The van der Waals surface area contributed by atoms with Crippen LogP contribution in [0.4, 0.5) is 26.3 Å². The number of hydrogen-bond donors (Lipinski definition) is 4. The molecule has 6 aromatic carbocycles. The van der Waals surface area contributed by atoms with Gasteiger partial charge in [-0.2, -0.15) is 26.3 Å². The maximum Gasteiger partial charge on any atom is 0.417 e. The standard InChI is InChI=1S/2C30H30F3NO4/c2*1-18-12-13-34(16-18)19(2)17-37-24-9-6-20(7-10-24)29-27(21-4-3-5-22(35)14-21)28(30(31,32)33)25-15-23(36)8-11-26(25)38-29/h3-11,14-15,18-19,29,35-36H,12-13,16-17H2,1-2H3;3-11,14-15,18-19,28,35-36H,12-13,16-17H2,1-2H3/t18-,19+,29?;18-,19+,28?/m11/s1. The van der Waals surface area contributed by atoms with Crippen molar-refractivity contribution in [3.05, 3.63) is 167 Å². The summed E-state index contributed by atoms with van der Waals surface area (Å²) in [6.45, 7) is 13.9. The van der Waals surface area contributed by atoms with Gasteiger partial charge in [-0.3, -0.25) is 9.80 Å². The Morgan fingerprint density at radius 2 is 1.08 bits per heavy atom. The van der Waals surface area contributed by atoms with Crippen molar-refractivity contribution in [1.82, 2.24) is 9.80 Å². The quantitative estimate of drug-likeness (QED) is 0.0881. The minimum Gasteiger partial charge on any atom is -0.508 e. The summed E-state index contributed by atoms with van der Waals surface area (Å²) in [5.41, 5.74) is -0.367. The molecular formula is C60H60F6N2O8. The SMILES string of the molecule is C[C@@H]1CCN([C@@H](C)COc2ccc(C3=C(c4cccc(O)c4)C(C(F)(F)F)c4cc(O)ccc4O3)cc2)C1.C[C@@H]1CCN([C@@H](C)COc2ccc(C3Oc4ccc(O)cc4C(C(F)(F)F)=C3c3cccc(O)c3)cc2)C1. The molecule has 0 amide bonds.